The summed E-state index contributed by atoms with van der Waals surface area (Å²) in [5.74, 6) is 0.886. The second kappa shape index (κ2) is 8.16. The van der Waals surface area contributed by atoms with E-state index in [1.807, 2.05) is 24.4 Å². The maximum absolute atomic E-state index is 8.45. The van der Waals surface area contributed by atoms with Gasteiger partial charge >= 0.3 is 0 Å². The number of ether oxygens (including phenoxy) is 1. The van der Waals surface area contributed by atoms with Gasteiger partial charge in [0.25, 0.3) is 0 Å². The standard InChI is InChI=1S/C15H20ClNO.C4H8O/c1-15(2,3)17-10-11-9-12(16)7-8-14(11)18-13-5-4-6-13;5-4-2-1-3-4/h7-10,13H,4-6H2,1-3H3;4-5H,1-3H2. The summed E-state index contributed by atoms with van der Waals surface area (Å²) in [4.78, 5) is 4.52. The zero-order valence-corrected chi connectivity index (χ0v) is 15.1. The van der Waals surface area contributed by atoms with Crippen molar-refractivity contribution in [1.82, 2.24) is 0 Å². The van der Waals surface area contributed by atoms with E-state index < -0.39 is 0 Å². The summed E-state index contributed by atoms with van der Waals surface area (Å²) in [5, 5.41) is 9.16. The Hall–Kier alpha value is -1.06. The van der Waals surface area contributed by atoms with E-state index in [9.17, 15) is 0 Å². The molecule has 2 fully saturated rings. The summed E-state index contributed by atoms with van der Waals surface area (Å²) in [6.07, 6.45) is 9.18. The molecule has 0 heterocycles. The lowest BCUT2D eigenvalue weighted by atomic mass is 9.96. The van der Waals surface area contributed by atoms with Crippen molar-refractivity contribution in [3.05, 3.63) is 28.8 Å². The maximum Gasteiger partial charge on any atom is 0.128 e. The first-order chi connectivity index (χ1) is 10.8. The molecule has 2 aliphatic rings. The fourth-order valence-corrected chi connectivity index (χ4v) is 2.23. The van der Waals surface area contributed by atoms with Crippen LogP contribution in [0.4, 0.5) is 0 Å². The normalized spacial score (nSPS) is 18.8. The van der Waals surface area contributed by atoms with Crippen LogP contribution in [0.2, 0.25) is 5.02 Å². The number of aliphatic hydroxyl groups is 1. The lowest BCUT2D eigenvalue weighted by molar-refractivity contribution is 0.0950. The molecular weight excluding hydrogens is 310 g/mol. The number of aliphatic hydroxyl groups excluding tert-OH is 1. The van der Waals surface area contributed by atoms with E-state index >= 15 is 0 Å². The molecule has 4 heteroatoms. The van der Waals surface area contributed by atoms with Gasteiger partial charge in [-0.3, -0.25) is 4.99 Å². The van der Waals surface area contributed by atoms with Gasteiger partial charge in [0, 0.05) is 16.8 Å². The summed E-state index contributed by atoms with van der Waals surface area (Å²) in [6, 6.07) is 5.71. The molecule has 2 saturated carbocycles. The second-order valence-electron chi connectivity index (χ2n) is 7.37. The molecule has 128 valence electrons. The van der Waals surface area contributed by atoms with Crippen LogP contribution >= 0.6 is 11.6 Å². The summed E-state index contributed by atoms with van der Waals surface area (Å²) >= 11 is 6.03. The zero-order chi connectivity index (χ0) is 16.9. The van der Waals surface area contributed by atoms with Gasteiger partial charge in [-0.15, -0.1) is 0 Å². The molecule has 0 aromatic heterocycles. The van der Waals surface area contributed by atoms with Gasteiger partial charge in [0.1, 0.15) is 5.75 Å². The lowest BCUT2D eigenvalue weighted by Crippen LogP contribution is -2.25. The van der Waals surface area contributed by atoms with E-state index in [0.717, 1.165) is 37.0 Å². The van der Waals surface area contributed by atoms with E-state index in [0.29, 0.717) is 11.1 Å². The molecule has 3 nitrogen and oxygen atoms in total. The predicted octanol–water partition coefficient (Wildman–Crippen LogP) is 5.02. The van der Waals surface area contributed by atoms with E-state index in [1.54, 1.807) is 0 Å². The monoisotopic (exact) mass is 337 g/mol. The second-order valence-corrected chi connectivity index (χ2v) is 7.80. The largest absolute Gasteiger partial charge is 0.490 e. The van der Waals surface area contributed by atoms with Crippen molar-refractivity contribution in [2.75, 3.05) is 0 Å². The van der Waals surface area contributed by atoms with Crippen LogP contribution < -0.4 is 4.74 Å². The summed E-state index contributed by atoms with van der Waals surface area (Å²) in [5.41, 5.74) is 0.875. The Morgan fingerprint density at radius 3 is 2.22 bits per heavy atom. The Bertz CT molecular complexity index is 529. The molecule has 1 N–H and O–H groups in total. The molecule has 0 amide bonds. The van der Waals surface area contributed by atoms with Crippen molar-refractivity contribution in [3.63, 3.8) is 0 Å². The van der Waals surface area contributed by atoms with E-state index in [2.05, 4.69) is 25.8 Å². The molecule has 0 bridgehead atoms. The topological polar surface area (TPSA) is 41.8 Å². The summed E-state index contributed by atoms with van der Waals surface area (Å²) in [7, 11) is 0. The van der Waals surface area contributed by atoms with Crippen LogP contribution in [0, 0.1) is 0 Å². The van der Waals surface area contributed by atoms with Crippen molar-refractivity contribution in [1.29, 1.82) is 0 Å². The Morgan fingerprint density at radius 1 is 1.17 bits per heavy atom. The molecule has 0 unspecified atom stereocenters. The smallest absolute Gasteiger partial charge is 0.128 e. The molecule has 0 atom stereocenters. The highest BCUT2D eigenvalue weighted by molar-refractivity contribution is 6.30. The average Bonchev–Trinajstić information content (AvgIpc) is 2.39. The molecular formula is C19H28ClNO2. The van der Waals surface area contributed by atoms with Gasteiger partial charge in [-0.25, -0.2) is 0 Å². The van der Waals surface area contributed by atoms with Crippen LogP contribution in [0.1, 0.15) is 64.9 Å². The Labute approximate surface area is 144 Å². The third-order valence-corrected chi connectivity index (χ3v) is 4.22. The van der Waals surface area contributed by atoms with Crippen molar-refractivity contribution < 1.29 is 9.84 Å². The molecule has 0 aliphatic heterocycles. The summed E-state index contributed by atoms with van der Waals surface area (Å²) in [6.45, 7) is 6.21. The minimum absolute atomic E-state index is 0.0648. The van der Waals surface area contributed by atoms with Crippen LogP contribution in [0.15, 0.2) is 23.2 Å². The highest BCUT2D eigenvalue weighted by Crippen LogP contribution is 2.29. The molecule has 0 spiro atoms. The number of nitrogens with zero attached hydrogens (tertiary/aromatic N) is 1. The SMILES string of the molecule is CC(C)(C)N=Cc1cc(Cl)ccc1OC1CCC1.OC1CCC1. The van der Waals surface area contributed by atoms with Crippen LogP contribution in [0.5, 0.6) is 5.75 Å². The number of aliphatic imine (C=N–C) groups is 1. The minimum Gasteiger partial charge on any atom is -0.490 e. The molecule has 3 rings (SSSR count). The van der Waals surface area contributed by atoms with Crippen LogP contribution in [-0.2, 0) is 0 Å². The van der Waals surface area contributed by atoms with Gasteiger partial charge in [-0.05, 0) is 77.5 Å². The predicted molar refractivity (Wildman–Crippen MR) is 96.9 cm³/mol. The summed E-state index contributed by atoms with van der Waals surface area (Å²) < 4.78 is 5.95. The quantitative estimate of drug-likeness (QED) is 0.787. The highest BCUT2D eigenvalue weighted by Gasteiger charge is 2.20. The van der Waals surface area contributed by atoms with E-state index in [4.69, 9.17) is 21.4 Å². The van der Waals surface area contributed by atoms with Gasteiger partial charge in [-0.1, -0.05) is 11.6 Å². The minimum atomic E-state index is -0.0872. The molecule has 1 aromatic rings. The fourth-order valence-electron chi connectivity index (χ4n) is 2.05. The zero-order valence-electron chi connectivity index (χ0n) is 14.4. The lowest BCUT2D eigenvalue weighted by Gasteiger charge is -2.27. The highest BCUT2D eigenvalue weighted by atomic mass is 35.5. The third kappa shape index (κ3) is 6.52. The molecule has 23 heavy (non-hydrogen) atoms. The molecule has 2 aliphatic carbocycles. The number of hydrogen-bond acceptors (Lipinski definition) is 3. The maximum atomic E-state index is 8.45. The van der Waals surface area contributed by atoms with Crippen molar-refractivity contribution >= 4 is 17.8 Å². The first-order valence-corrected chi connectivity index (χ1v) is 8.91. The van der Waals surface area contributed by atoms with Gasteiger partial charge in [0.15, 0.2) is 0 Å². The fraction of sp³-hybridized carbons (Fsp3) is 0.632. The van der Waals surface area contributed by atoms with Gasteiger partial charge in [0.05, 0.1) is 17.7 Å². The van der Waals surface area contributed by atoms with E-state index in [-0.39, 0.29) is 11.6 Å². The van der Waals surface area contributed by atoms with Gasteiger partial charge < -0.3 is 9.84 Å². The van der Waals surface area contributed by atoms with Gasteiger partial charge in [-0.2, -0.15) is 0 Å². The van der Waals surface area contributed by atoms with Crippen LogP contribution in [0.25, 0.3) is 0 Å². The molecule has 1 aromatic carbocycles. The number of halogens is 1. The Kier molecular flexibility index (Phi) is 6.49. The Balaban J connectivity index is 0.000000326. The van der Waals surface area contributed by atoms with Crippen LogP contribution in [-0.4, -0.2) is 29.1 Å². The first kappa shape index (κ1) is 18.3. The average molecular weight is 338 g/mol. The third-order valence-electron chi connectivity index (χ3n) is 3.98. The number of hydrogen-bond donors (Lipinski definition) is 1. The van der Waals surface area contributed by atoms with E-state index in [1.165, 1.54) is 12.8 Å². The van der Waals surface area contributed by atoms with Crippen molar-refractivity contribution in [2.24, 2.45) is 4.99 Å². The van der Waals surface area contributed by atoms with Crippen LogP contribution in [0.3, 0.4) is 0 Å². The van der Waals surface area contributed by atoms with Crippen molar-refractivity contribution in [3.8, 4) is 5.75 Å². The van der Waals surface area contributed by atoms with Crippen molar-refractivity contribution in [2.45, 2.75) is 77.0 Å². The number of benzene rings is 1. The first-order valence-electron chi connectivity index (χ1n) is 8.53. The molecule has 0 saturated heterocycles. The molecule has 0 radical (unpaired) electrons. The Morgan fingerprint density at radius 2 is 1.78 bits per heavy atom. The van der Waals surface area contributed by atoms with Gasteiger partial charge in [0.2, 0.25) is 0 Å². The number of rotatable bonds is 3.